The van der Waals surface area contributed by atoms with Gasteiger partial charge in [-0.05, 0) is 94.7 Å². The topological polar surface area (TPSA) is 34.6 Å². The number of pyridine rings is 1. The van der Waals surface area contributed by atoms with Crippen LogP contribution in [0.2, 0.25) is 0 Å². The molecule has 2 aliphatic rings. The lowest BCUT2D eigenvalue weighted by atomic mass is 9.98. The maximum Gasteiger partial charge on any atom is 0.169 e. The summed E-state index contributed by atoms with van der Waals surface area (Å²) in [6.45, 7) is 7.44. The summed E-state index contributed by atoms with van der Waals surface area (Å²) in [4.78, 5) is 6.68. The zero-order chi connectivity index (χ0) is 35.9. The maximum absolute atomic E-state index is 6.89. The first-order chi connectivity index (χ1) is 25.2. The van der Waals surface area contributed by atoms with Crippen molar-refractivity contribution >= 4 is 0 Å². The van der Waals surface area contributed by atoms with Gasteiger partial charge >= 0.3 is 0 Å². The Kier molecular flexibility index (Phi) is 25.1. The quantitative estimate of drug-likeness (QED) is 0.0553. The van der Waals surface area contributed by atoms with Crippen LogP contribution < -0.4 is 0 Å². The van der Waals surface area contributed by atoms with Crippen LogP contribution in [0.5, 0.6) is 0 Å². The Morgan fingerprint density at radius 3 is 1.37 bits per heavy atom. The van der Waals surface area contributed by atoms with E-state index in [4.69, 9.17) is 9.47 Å². The summed E-state index contributed by atoms with van der Waals surface area (Å²) in [5, 5.41) is 0. The molecule has 0 bridgehead atoms. The molecule has 3 heterocycles. The van der Waals surface area contributed by atoms with Gasteiger partial charge in [-0.2, -0.15) is 0 Å². The van der Waals surface area contributed by atoms with Gasteiger partial charge in [-0.3, -0.25) is 9.88 Å². The lowest BCUT2D eigenvalue weighted by Crippen LogP contribution is -2.35. The minimum atomic E-state index is -0.359. The van der Waals surface area contributed by atoms with E-state index in [9.17, 15) is 0 Å². The van der Waals surface area contributed by atoms with Crippen molar-refractivity contribution in [2.75, 3.05) is 13.1 Å². The van der Waals surface area contributed by atoms with Crippen molar-refractivity contribution in [2.24, 2.45) is 0 Å². The molecule has 0 amide bonds. The fourth-order valence-corrected chi connectivity index (χ4v) is 7.63. The summed E-state index contributed by atoms with van der Waals surface area (Å²) in [6, 6.07) is 4.24. The minimum absolute atomic E-state index is 0.209. The van der Waals surface area contributed by atoms with Gasteiger partial charge in [0.1, 0.15) is 12.2 Å². The monoisotopic (exact) mass is 703 g/mol. The van der Waals surface area contributed by atoms with Crippen molar-refractivity contribution in [2.45, 2.75) is 205 Å². The number of hydrogen-bond donors (Lipinski definition) is 0. The second-order valence-electron chi connectivity index (χ2n) is 15.4. The molecule has 2 atom stereocenters. The Morgan fingerprint density at radius 2 is 0.941 bits per heavy atom. The van der Waals surface area contributed by atoms with Gasteiger partial charge in [-0.25, -0.2) is 0 Å². The lowest BCUT2D eigenvalue weighted by Gasteiger charge is -2.31. The highest BCUT2D eigenvalue weighted by Gasteiger charge is 2.50. The number of likely N-dealkylation sites (tertiary alicyclic amines) is 1. The predicted octanol–water partition coefficient (Wildman–Crippen LogP) is 13.8. The van der Waals surface area contributed by atoms with E-state index in [1.165, 1.54) is 147 Å². The highest BCUT2D eigenvalue weighted by molar-refractivity contribution is 5.10. The summed E-state index contributed by atoms with van der Waals surface area (Å²) >= 11 is 0. The molecule has 0 saturated carbocycles. The number of aromatic nitrogens is 1. The molecular formula is C47H78N2O2. The first-order valence-corrected chi connectivity index (χ1v) is 21.8. The van der Waals surface area contributed by atoms with Crippen molar-refractivity contribution in [3.05, 3.63) is 78.7 Å². The Labute approximate surface area is 315 Å². The van der Waals surface area contributed by atoms with Crippen LogP contribution in [0, 0.1) is 0 Å². The maximum atomic E-state index is 6.89. The van der Waals surface area contributed by atoms with Crippen molar-refractivity contribution in [3.8, 4) is 0 Å². The van der Waals surface area contributed by atoms with Gasteiger partial charge in [0.15, 0.2) is 5.79 Å². The summed E-state index contributed by atoms with van der Waals surface area (Å²) in [5.74, 6) is -0.359. The average Bonchev–Trinajstić information content (AvgIpc) is 3.67. The molecule has 0 aromatic carbocycles. The zero-order valence-electron chi connectivity index (χ0n) is 33.3. The molecule has 2 unspecified atom stereocenters. The first-order valence-electron chi connectivity index (χ1n) is 21.8. The number of hydrogen-bond acceptors (Lipinski definition) is 4. The standard InChI is InChI=1S/C47H78N2O2/c1-3-5-7-9-11-13-15-17-19-21-23-25-27-29-31-33-37-47(50-45-42-49(43-46(45)51-47)41-44-35-39-48-40-36-44)38-34-32-30-28-26-24-22-20-18-16-14-12-10-8-6-4-2/h11-14,17-20,35-36,39-40,45-46H,3-10,15-16,21-34,37-38,41-43H2,1-2H3. The van der Waals surface area contributed by atoms with Gasteiger partial charge in [-0.15, -0.1) is 0 Å². The van der Waals surface area contributed by atoms with E-state index < -0.39 is 0 Å². The van der Waals surface area contributed by atoms with E-state index in [1.54, 1.807) is 0 Å². The molecule has 4 nitrogen and oxygen atoms in total. The number of unbranched alkanes of at least 4 members (excludes halogenated alkanes) is 18. The fraction of sp³-hybridized carbons (Fsp3) is 0.723. The van der Waals surface area contributed by atoms with Crippen LogP contribution in [0.25, 0.3) is 0 Å². The summed E-state index contributed by atoms with van der Waals surface area (Å²) in [6.07, 6.45) is 56.0. The molecule has 1 aromatic heterocycles. The molecule has 3 rings (SSSR count). The van der Waals surface area contributed by atoms with E-state index in [0.29, 0.717) is 0 Å². The summed E-state index contributed by atoms with van der Waals surface area (Å²) < 4.78 is 13.8. The lowest BCUT2D eigenvalue weighted by molar-refractivity contribution is -0.194. The normalized spacial score (nSPS) is 21.1. The van der Waals surface area contributed by atoms with Crippen molar-refractivity contribution in [3.63, 3.8) is 0 Å². The largest absolute Gasteiger partial charge is 0.343 e. The minimum Gasteiger partial charge on any atom is -0.343 e. The van der Waals surface area contributed by atoms with E-state index in [0.717, 1.165) is 45.3 Å². The Bertz CT molecular complexity index is 999. The van der Waals surface area contributed by atoms with Crippen LogP contribution in [0.15, 0.2) is 73.1 Å². The van der Waals surface area contributed by atoms with Crippen LogP contribution in [-0.2, 0) is 16.0 Å². The Balaban J connectivity index is 1.28. The molecule has 0 radical (unpaired) electrons. The molecule has 0 aliphatic carbocycles. The van der Waals surface area contributed by atoms with Crippen molar-refractivity contribution < 1.29 is 9.47 Å². The molecule has 2 aliphatic heterocycles. The zero-order valence-corrected chi connectivity index (χ0v) is 33.3. The third-order valence-corrected chi connectivity index (χ3v) is 10.7. The van der Waals surface area contributed by atoms with E-state index in [2.05, 4.69) is 84.5 Å². The van der Waals surface area contributed by atoms with Gasteiger partial charge < -0.3 is 9.47 Å². The number of nitrogens with zero attached hydrogens (tertiary/aromatic N) is 2. The molecule has 4 heteroatoms. The molecular weight excluding hydrogens is 625 g/mol. The predicted molar refractivity (Wildman–Crippen MR) is 220 cm³/mol. The second-order valence-corrected chi connectivity index (χ2v) is 15.4. The van der Waals surface area contributed by atoms with Crippen LogP contribution in [0.3, 0.4) is 0 Å². The van der Waals surface area contributed by atoms with E-state index >= 15 is 0 Å². The smallest absolute Gasteiger partial charge is 0.169 e. The molecule has 2 fully saturated rings. The summed E-state index contributed by atoms with van der Waals surface area (Å²) in [5.41, 5.74) is 1.32. The van der Waals surface area contributed by atoms with Crippen molar-refractivity contribution in [1.29, 1.82) is 0 Å². The van der Waals surface area contributed by atoms with Crippen LogP contribution in [0.4, 0.5) is 0 Å². The fourth-order valence-electron chi connectivity index (χ4n) is 7.63. The molecule has 0 spiro atoms. The van der Waals surface area contributed by atoms with E-state index in [1.807, 2.05) is 12.4 Å². The molecule has 0 N–H and O–H groups in total. The SMILES string of the molecule is CCCCCC=CCC=CCCCCCCCCC1(CCCCCCCCC=CCC=CCCCCC)OC2CN(Cc3ccncc3)CC2O1. The first kappa shape index (κ1) is 43.4. The number of rotatable bonds is 32. The third kappa shape index (κ3) is 20.7. The van der Waals surface area contributed by atoms with Gasteiger partial charge in [0, 0.05) is 44.9 Å². The highest BCUT2D eigenvalue weighted by atomic mass is 16.8. The van der Waals surface area contributed by atoms with Crippen LogP contribution >= 0.6 is 0 Å². The second kappa shape index (κ2) is 29.4. The Morgan fingerprint density at radius 1 is 0.549 bits per heavy atom. The van der Waals surface area contributed by atoms with Crippen LogP contribution in [0.1, 0.15) is 186 Å². The van der Waals surface area contributed by atoms with E-state index in [-0.39, 0.29) is 18.0 Å². The van der Waals surface area contributed by atoms with Gasteiger partial charge in [0.25, 0.3) is 0 Å². The molecule has 1 aromatic rings. The average molecular weight is 703 g/mol. The van der Waals surface area contributed by atoms with Gasteiger partial charge in [0.2, 0.25) is 0 Å². The molecule has 2 saturated heterocycles. The number of ether oxygens (including phenoxy) is 2. The molecule has 51 heavy (non-hydrogen) atoms. The van der Waals surface area contributed by atoms with Gasteiger partial charge in [0.05, 0.1) is 0 Å². The molecule has 288 valence electrons. The number of allylic oxidation sites excluding steroid dienone is 8. The summed E-state index contributed by atoms with van der Waals surface area (Å²) in [7, 11) is 0. The van der Waals surface area contributed by atoms with Crippen LogP contribution in [-0.4, -0.2) is 41.0 Å². The van der Waals surface area contributed by atoms with Crippen molar-refractivity contribution in [1.82, 2.24) is 9.88 Å². The highest BCUT2D eigenvalue weighted by Crippen LogP contribution is 2.41. The Hall–Kier alpha value is -2.01. The van der Waals surface area contributed by atoms with Gasteiger partial charge in [-0.1, -0.05) is 140 Å². The number of fused-ring (bicyclic) bond motifs is 1. The third-order valence-electron chi connectivity index (χ3n) is 10.7.